The maximum Gasteiger partial charge on any atom is 0.333 e. The predicted molar refractivity (Wildman–Crippen MR) is 165 cm³/mol. The fourth-order valence-corrected chi connectivity index (χ4v) is 5.19. The van der Waals surface area contributed by atoms with Gasteiger partial charge in [-0.3, -0.25) is 0 Å². The van der Waals surface area contributed by atoms with E-state index in [1.54, 1.807) is 13.8 Å². The van der Waals surface area contributed by atoms with Crippen molar-refractivity contribution < 1.29 is 33.6 Å². The lowest BCUT2D eigenvalue weighted by Crippen LogP contribution is -2.14. The van der Waals surface area contributed by atoms with Crippen LogP contribution in [0.4, 0.5) is 0 Å². The minimum atomic E-state index is -0.452. The number of carbonyl (C=O) groups is 2. The van der Waals surface area contributed by atoms with E-state index in [4.69, 9.17) is 18.9 Å². The Morgan fingerprint density at radius 3 is 2.00 bits per heavy atom. The highest BCUT2D eigenvalue weighted by molar-refractivity contribution is 5.87. The molecule has 1 aliphatic carbocycles. The number of ether oxygens (including phenoxy) is 4. The average molecular weight is 579 g/mol. The van der Waals surface area contributed by atoms with E-state index in [9.17, 15) is 14.7 Å². The zero-order valence-corrected chi connectivity index (χ0v) is 25.5. The zero-order chi connectivity index (χ0) is 30.5. The summed E-state index contributed by atoms with van der Waals surface area (Å²) in [5.74, 6) is 1.03. The van der Waals surface area contributed by atoms with Gasteiger partial charge in [0.2, 0.25) is 0 Å². The molecule has 2 aromatic carbocycles. The van der Waals surface area contributed by atoms with Gasteiger partial charge >= 0.3 is 11.9 Å². The number of aryl methyl sites for hydroxylation is 2. The second-order valence-electron chi connectivity index (χ2n) is 11.1. The van der Waals surface area contributed by atoms with Crippen LogP contribution in [-0.4, -0.2) is 50.1 Å². The first-order valence-corrected chi connectivity index (χ1v) is 15.0. The smallest absolute Gasteiger partial charge is 0.333 e. The van der Waals surface area contributed by atoms with Gasteiger partial charge in [0.1, 0.15) is 37.9 Å². The molecule has 42 heavy (non-hydrogen) atoms. The highest BCUT2D eigenvalue weighted by atomic mass is 16.6. The number of esters is 2. The van der Waals surface area contributed by atoms with Crippen molar-refractivity contribution in [3.05, 3.63) is 71.3 Å². The third-order valence-corrected chi connectivity index (χ3v) is 7.48. The topological polar surface area (TPSA) is 91.3 Å². The van der Waals surface area contributed by atoms with E-state index in [0.29, 0.717) is 41.4 Å². The monoisotopic (exact) mass is 578 g/mol. The zero-order valence-electron chi connectivity index (χ0n) is 25.5. The van der Waals surface area contributed by atoms with Gasteiger partial charge in [0.15, 0.2) is 0 Å². The maximum absolute atomic E-state index is 11.8. The largest absolute Gasteiger partial charge is 0.490 e. The molecule has 0 aromatic heterocycles. The number of aliphatic hydroxyl groups excluding tert-OH is 1. The lowest BCUT2D eigenvalue weighted by molar-refractivity contribution is -0.140. The van der Waals surface area contributed by atoms with Gasteiger partial charge in [-0.2, -0.15) is 0 Å². The summed E-state index contributed by atoms with van der Waals surface area (Å²) in [6.07, 6.45) is 8.42. The Labute approximate surface area is 250 Å². The summed E-state index contributed by atoms with van der Waals surface area (Å²) in [5, 5.41) is 9.35. The second-order valence-corrected chi connectivity index (χ2v) is 11.1. The molecule has 7 heteroatoms. The molecule has 1 N–H and O–H groups in total. The molecule has 0 atom stereocenters. The van der Waals surface area contributed by atoms with Crippen LogP contribution in [0.1, 0.15) is 81.4 Å². The number of rotatable bonds is 16. The van der Waals surface area contributed by atoms with Crippen LogP contribution in [0.15, 0.2) is 54.6 Å². The molecule has 1 fully saturated rings. The quantitative estimate of drug-likeness (QED) is 0.130. The van der Waals surface area contributed by atoms with Gasteiger partial charge in [-0.05, 0) is 93.2 Å². The molecule has 0 aliphatic heterocycles. The lowest BCUT2D eigenvalue weighted by Gasteiger charge is -2.23. The van der Waals surface area contributed by atoms with E-state index in [1.165, 1.54) is 37.7 Å². The summed E-state index contributed by atoms with van der Waals surface area (Å²) in [6.45, 7) is 13.2. The molecule has 0 spiro atoms. The molecular weight excluding hydrogens is 532 g/mol. The lowest BCUT2D eigenvalue weighted by atomic mass is 9.82. The molecule has 228 valence electrons. The van der Waals surface area contributed by atoms with Crippen molar-refractivity contribution in [2.24, 2.45) is 0 Å². The normalized spacial score (nSPS) is 13.3. The van der Waals surface area contributed by atoms with Gasteiger partial charge in [0.25, 0.3) is 0 Å². The molecule has 0 heterocycles. The number of aliphatic hydroxyl groups is 1. The molecule has 0 amide bonds. The van der Waals surface area contributed by atoms with E-state index < -0.39 is 11.9 Å². The second kappa shape index (κ2) is 16.8. The number of benzene rings is 2. The van der Waals surface area contributed by atoms with Crippen molar-refractivity contribution in [3.63, 3.8) is 0 Å². The van der Waals surface area contributed by atoms with Crippen molar-refractivity contribution in [2.45, 2.75) is 78.1 Å². The van der Waals surface area contributed by atoms with Crippen LogP contribution in [0.3, 0.4) is 0 Å². The fourth-order valence-electron chi connectivity index (χ4n) is 5.19. The Morgan fingerprint density at radius 2 is 1.43 bits per heavy atom. The molecule has 1 aliphatic rings. The number of hydrogen-bond acceptors (Lipinski definition) is 7. The molecule has 0 bridgehead atoms. The molecule has 1 saturated carbocycles. The van der Waals surface area contributed by atoms with Crippen molar-refractivity contribution in [3.8, 4) is 22.6 Å². The minimum absolute atomic E-state index is 0.0942. The van der Waals surface area contributed by atoms with Crippen LogP contribution >= 0.6 is 0 Å². The SMILES string of the molecule is C=C(C)C(=O)OCCOc1cc(-c2ccc(C3CCCCC3)cc2C)c(OCCOC(=O)C(=C)C)cc1CCCCO. The van der Waals surface area contributed by atoms with Crippen LogP contribution in [0.25, 0.3) is 11.1 Å². The third-order valence-electron chi connectivity index (χ3n) is 7.48. The molecule has 2 aromatic rings. The Hall–Kier alpha value is -3.58. The van der Waals surface area contributed by atoms with Gasteiger partial charge in [-0.1, -0.05) is 50.6 Å². The van der Waals surface area contributed by atoms with E-state index in [-0.39, 0.29) is 33.0 Å². The van der Waals surface area contributed by atoms with Gasteiger partial charge in [-0.25, -0.2) is 9.59 Å². The summed E-state index contributed by atoms with van der Waals surface area (Å²) in [6, 6.07) is 10.6. The van der Waals surface area contributed by atoms with Gasteiger partial charge in [0.05, 0.1) is 0 Å². The minimum Gasteiger partial charge on any atom is -0.490 e. The molecular formula is C35H46O7. The number of carbonyl (C=O) groups excluding carboxylic acids is 2. The van der Waals surface area contributed by atoms with Crippen molar-refractivity contribution in [2.75, 3.05) is 33.0 Å². The van der Waals surface area contributed by atoms with Crippen LogP contribution in [0.5, 0.6) is 11.5 Å². The van der Waals surface area contributed by atoms with Gasteiger partial charge in [0, 0.05) is 23.3 Å². The highest BCUT2D eigenvalue weighted by Crippen LogP contribution is 2.40. The molecule has 7 nitrogen and oxygen atoms in total. The standard InChI is InChI=1S/C35H46O7/c1-24(2)34(37)41-19-17-39-32-23-31(30-15-14-28(21-26(30)5)27-11-7-6-8-12-27)33(22-29(32)13-9-10-16-36)40-18-20-42-35(38)25(3)4/h14-15,21-23,27,36H,1,3,6-13,16-20H2,2,4-5H3. The van der Waals surface area contributed by atoms with E-state index in [2.05, 4.69) is 38.3 Å². The third kappa shape index (κ3) is 9.76. The van der Waals surface area contributed by atoms with Gasteiger partial charge < -0.3 is 24.1 Å². The van der Waals surface area contributed by atoms with E-state index in [1.807, 2.05) is 12.1 Å². The summed E-state index contributed by atoms with van der Waals surface area (Å²) in [4.78, 5) is 23.7. The molecule has 3 rings (SSSR count). The van der Waals surface area contributed by atoms with Crippen molar-refractivity contribution >= 4 is 11.9 Å². The first-order valence-electron chi connectivity index (χ1n) is 15.0. The van der Waals surface area contributed by atoms with E-state index >= 15 is 0 Å². The maximum atomic E-state index is 11.8. The molecule has 0 unspecified atom stereocenters. The number of unbranched alkanes of at least 4 members (excludes halogenated alkanes) is 1. The van der Waals surface area contributed by atoms with E-state index in [0.717, 1.165) is 28.7 Å². The number of hydrogen-bond donors (Lipinski definition) is 1. The van der Waals surface area contributed by atoms with Crippen molar-refractivity contribution in [1.29, 1.82) is 0 Å². The Balaban J connectivity index is 1.93. The Bertz CT molecular complexity index is 1240. The highest BCUT2D eigenvalue weighted by Gasteiger charge is 2.19. The summed E-state index contributed by atoms with van der Waals surface area (Å²) < 4.78 is 22.8. The summed E-state index contributed by atoms with van der Waals surface area (Å²) in [7, 11) is 0. The first-order chi connectivity index (χ1) is 20.2. The molecule has 0 radical (unpaired) electrons. The van der Waals surface area contributed by atoms with Crippen LogP contribution < -0.4 is 9.47 Å². The van der Waals surface area contributed by atoms with Gasteiger partial charge in [-0.15, -0.1) is 0 Å². The van der Waals surface area contributed by atoms with Crippen LogP contribution in [0.2, 0.25) is 0 Å². The molecule has 0 saturated heterocycles. The van der Waals surface area contributed by atoms with Crippen LogP contribution in [0, 0.1) is 6.92 Å². The fraction of sp³-hybridized carbons (Fsp3) is 0.486. The summed E-state index contributed by atoms with van der Waals surface area (Å²) >= 11 is 0. The van der Waals surface area contributed by atoms with Crippen LogP contribution in [-0.2, 0) is 25.5 Å². The predicted octanol–water partition coefficient (Wildman–Crippen LogP) is 7.02. The Kier molecular flexibility index (Phi) is 13.1. The summed E-state index contributed by atoms with van der Waals surface area (Å²) in [5.41, 5.74) is 6.02. The Morgan fingerprint density at radius 1 is 0.810 bits per heavy atom. The first kappa shape index (κ1) is 32.9. The average Bonchev–Trinajstić information content (AvgIpc) is 2.98. The van der Waals surface area contributed by atoms with Crippen molar-refractivity contribution in [1.82, 2.24) is 0 Å².